The summed E-state index contributed by atoms with van der Waals surface area (Å²) in [5, 5.41) is 3.47. The number of aromatic amines is 2. The van der Waals surface area contributed by atoms with Crippen LogP contribution < -0.4 is 18.9 Å². The fourth-order valence-corrected chi connectivity index (χ4v) is 9.28. The van der Waals surface area contributed by atoms with E-state index in [1.807, 2.05) is 42.5 Å². The Labute approximate surface area is 430 Å². The SMILES string of the molecule is BrCCCOc1cccc(-c2c3nc(c(-c4cccc(OCCCBr)c4)c4ccc([nH]4)c(-c4cccc(OCCCBr)c4)c4ccc([nH]4)c(-c4cccc(OCCCBr)c4)c4nc2C=C4)C=C3)c1. The van der Waals surface area contributed by atoms with Gasteiger partial charge in [0.15, 0.2) is 0 Å². The lowest BCUT2D eigenvalue weighted by Crippen LogP contribution is -1.98. The lowest BCUT2D eigenvalue weighted by molar-refractivity contribution is 0.319. The first kappa shape index (κ1) is 47.7. The molecule has 0 amide bonds. The molecule has 12 heteroatoms. The van der Waals surface area contributed by atoms with Crippen molar-refractivity contribution >= 4 is 110 Å². The van der Waals surface area contributed by atoms with Crippen LogP contribution in [-0.2, 0) is 0 Å². The second-order valence-corrected chi connectivity index (χ2v) is 19.3. The van der Waals surface area contributed by atoms with Crippen LogP contribution in [-0.4, -0.2) is 67.7 Å². The standard InChI is InChI=1S/C56H50Br4N4O4/c57-25-5-29-65-41-13-1-9-37(33-41)53-45-17-19-47(61-45)54(38-10-2-14-42(34-38)66-30-6-26-58)49-21-23-51(63-49)56(40-12-4-16-44(36-40)68-32-8-28-60)52-24-22-50(64-52)55(48-20-18-46(53)62-48)39-11-3-15-43(35-39)67-31-7-27-59/h1-4,9-24,33-36,61-62H,5-8,25-32H2. The Kier molecular flexibility index (Phi) is 16.3. The lowest BCUT2D eigenvalue weighted by Gasteiger charge is -2.10. The van der Waals surface area contributed by atoms with E-state index in [9.17, 15) is 0 Å². The third-order valence-corrected chi connectivity index (χ3v) is 13.7. The third-order valence-electron chi connectivity index (χ3n) is 11.4. The minimum absolute atomic E-state index is 0.599. The minimum atomic E-state index is 0.599. The van der Waals surface area contributed by atoms with Gasteiger partial charge in [0.2, 0.25) is 0 Å². The summed E-state index contributed by atoms with van der Waals surface area (Å²) in [5.41, 5.74) is 14.5. The molecule has 2 aliphatic heterocycles. The maximum atomic E-state index is 6.26. The number of hydrogen-bond donors (Lipinski definition) is 2. The van der Waals surface area contributed by atoms with Crippen LogP contribution in [0.5, 0.6) is 23.0 Å². The largest absolute Gasteiger partial charge is 0.494 e. The zero-order valence-electron chi connectivity index (χ0n) is 37.4. The van der Waals surface area contributed by atoms with Crippen LogP contribution in [0.1, 0.15) is 48.5 Å². The van der Waals surface area contributed by atoms with Gasteiger partial charge in [-0.15, -0.1) is 0 Å². The molecule has 0 fully saturated rings. The van der Waals surface area contributed by atoms with Crippen molar-refractivity contribution in [1.82, 2.24) is 19.9 Å². The van der Waals surface area contributed by atoms with Gasteiger partial charge in [0.25, 0.3) is 0 Å². The maximum absolute atomic E-state index is 6.26. The van der Waals surface area contributed by atoms with Gasteiger partial charge < -0.3 is 28.9 Å². The molecule has 0 unspecified atom stereocenters. The fourth-order valence-electron chi connectivity index (χ4n) is 8.36. The van der Waals surface area contributed by atoms with Crippen molar-refractivity contribution in [2.45, 2.75) is 25.7 Å². The molecule has 346 valence electrons. The van der Waals surface area contributed by atoms with Gasteiger partial charge in [0.05, 0.1) is 49.2 Å². The van der Waals surface area contributed by atoms with Gasteiger partial charge in [0.1, 0.15) is 23.0 Å². The van der Waals surface area contributed by atoms with E-state index < -0.39 is 0 Å². The summed E-state index contributed by atoms with van der Waals surface area (Å²) in [5.74, 6) is 3.19. The highest BCUT2D eigenvalue weighted by atomic mass is 79.9. The normalized spacial score (nSPS) is 11.8. The number of ether oxygens (including phenoxy) is 4. The average molecular weight is 1160 g/mol. The fraction of sp³-hybridized carbons (Fsp3) is 0.214. The number of fused-ring (bicyclic) bond motifs is 8. The number of H-pyrrole nitrogens is 2. The molecular formula is C56H50Br4N4O4. The highest BCUT2D eigenvalue weighted by Crippen LogP contribution is 2.40. The number of aromatic nitrogens is 4. The molecule has 7 aromatic rings. The molecule has 0 saturated heterocycles. The number of benzene rings is 4. The van der Waals surface area contributed by atoms with Crippen molar-refractivity contribution in [2.24, 2.45) is 0 Å². The number of nitrogens with one attached hydrogen (secondary N) is 2. The predicted octanol–water partition coefficient (Wildman–Crippen LogP) is 16.0. The molecular weight excluding hydrogens is 1110 g/mol. The summed E-state index contributed by atoms with van der Waals surface area (Å²) in [6.07, 6.45) is 12.0. The van der Waals surface area contributed by atoms with Gasteiger partial charge in [-0.25, -0.2) is 9.97 Å². The first-order valence-corrected chi connectivity index (χ1v) is 27.3. The van der Waals surface area contributed by atoms with Crippen molar-refractivity contribution in [3.8, 4) is 67.5 Å². The Morgan fingerprint density at radius 3 is 0.941 bits per heavy atom. The summed E-state index contributed by atoms with van der Waals surface area (Å²) in [6, 6.07) is 41.8. The minimum Gasteiger partial charge on any atom is -0.494 e. The van der Waals surface area contributed by atoms with Crippen LogP contribution in [0.2, 0.25) is 0 Å². The number of hydrogen-bond acceptors (Lipinski definition) is 6. The van der Waals surface area contributed by atoms with Crippen LogP contribution in [0.3, 0.4) is 0 Å². The molecule has 8 nitrogen and oxygen atoms in total. The molecule has 0 radical (unpaired) electrons. The first-order valence-electron chi connectivity index (χ1n) is 22.9. The Morgan fingerprint density at radius 1 is 0.338 bits per heavy atom. The number of halogens is 4. The topological polar surface area (TPSA) is 94.3 Å². The van der Waals surface area contributed by atoms with E-state index in [0.717, 1.165) is 159 Å². The van der Waals surface area contributed by atoms with E-state index >= 15 is 0 Å². The van der Waals surface area contributed by atoms with E-state index in [1.165, 1.54) is 0 Å². The summed E-state index contributed by atoms with van der Waals surface area (Å²) < 4.78 is 25.0. The van der Waals surface area contributed by atoms with E-state index in [4.69, 9.17) is 28.9 Å². The second kappa shape index (κ2) is 23.3. The monoisotopic (exact) mass is 1160 g/mol. The molecule has 0 aliphatic carbocycles. The van der Waals surface area contributed by atoms with Gasteiger partial charge in [-0.05, 0) is 145 Å². The molecule has 0 spiro atoms. The summed E-state index contributed by atoms with van der Waals surface area (Å²) in [4.78, 5) is 18.8. The van der Waals surface area contributed by atoms with Gasteiger partial charge in [-0.1, -0.05) is 112 Å². The van der Waals surface area contributed by atoms with Gasteiger partial charge in [-0.2, -0.15) is 0 Å². The Hall–Kier alpha value is -5.40. The Bertz CT molecular complexity index is 2970. The third kappa shape index (κ3) is 11.2. The number of alkyl halides is 4. The van der Waals surface area contributed by atoms with E-state index in [0.29, 0.717) is 26.4 Å². The molecule has 2 aliphatic rings. The van der Waals surface area contributed by atoms with Gasteiger partial charge >= 0.3 is 0 Å². The smallest absolute Gasteiger partial charge is 0.119 e. The maximum Gasteiger partial charge on any atom is 0.119 e. The van der Waals surface area contributed by atoms with E-state index in [-0.39, 0.29) is 0 Å². The molecule has 68 heavy (non-hydrogen) atoms. The summed E-state index contributed by atoms with van der Waals surface area (Å²) in [7, 11) is 0. The number of nitrogens with zero attached hydrogens (tertiary/aromatic N) is 2. The van der Waals surface area contributed by atoms with Crippen LogP contribution in [0.15, 0.2) is 121 Å². The van der Waals surface area contributed by atoms with Crippen molar-refractivity contribution in [3.63, 3.8) is 0 Å². The van der Waals surface area contributed by atoms with Crippen molar-refractivity contribution in [1.29, 1.82) is 0 Å². The Morgan fingerprint density at radius 2 is 0.618 bits per heavy atom. The van der Waals surface area contributed by atoms with Crippen LogP contribution >= 0.6 is 63.7 Å². The first-order chi connectivity index (χ1) is 33.5. The highest BCUT2D eigenvalue weighted by Gasteiger charge is 2.21. The van der Waals surface area contributed by atoms with Gasteiger partial charge in [0, 0.05) is 65.6 Å². The molecule has 4 aromatic carbocycles. The van der Waals surface area contributed by atoms with E-state index in [2.05, 4.69) is 177 Å². The summed E-state index contributed by atoms with van der Waals surface area (Å²) >= 11 is 14.2. The molecule has 2 N–H and O–H groups in total. The zero-order chi connectivity index (χ0) is 46.7. The molecule has 9 rings (SSSR count). The molecule has 0 saturated carbocycles. The zero-order valence-corrected chi connectivity index (χ0v) is 43.7. The highest BCUT2D eigenvalue weighted by molar-refractivity contribution is 9.09. The van der Waals surface area contributed by atoms with Crippen LogP contribution in [0.4, 0.5) is 0 Å². The molecule has 5 heterocycles. The van der Waals surface area contributed by atoms with Crippen LogP contribution in [0, 0.1) is 0 Å². The molecule has 0 atom stereocenters. The predicted molar refractivity (Wildman–Crippen MR) is 296 cm³/mol. The second-order valence-electron chi connectivity index (χ2n) is 16.2. The molecule has 8 bridgehead atoms. The number of rotatable bonds is 20. The summed E-state index contributed by atoms with van der Waals surface area (Å²) in [6.45, 7) is 2.41. The van der Waals surface area contributed by atoms with Crippen molar-refractivity contribution in [2.75, 3.05) is 47.7 Å². The van der Waals surface area contributed by atoms with Crippen molar-refractivity contribution < 1.29 is 18.9 Å². The van der Waals surface area contributed by atoms with E-state index in [1.54, 1.807) is 0 Å². The quantitative estimate of drug-likeness (QED) is 0.0583. The van der Waals surface area contributed by atoms with Gasteiger partial charge in [-0.3, -0.25) is 0 Å². The Balaban J connectivity index is 1.37. The average Bonchev–Trinajstić information content (AvgIpc) is 4.21. The van der Waals surface area contributed by atoms with Crippen molar-refractivity contribution in [3.05, 3.63) is 144 Å². The lowest BCUT2D eigenvalue weighted by atomic mass is 10.0. The van der Waals surface area contributed by atoms with Crippen LogP contribution in [0.25, 0.3) is 90.9 Å². The molecule has 3 aromatic heterocycles.